The van der Waals surface area contributed by atoms with Gasteiger partial charge in [0, 0.05) is 23.0 Å². The zero-order chi connectivity index (χ0) is 22.6. The molecule has 2 aromatic carbocycles. The minimum Gasteiger partial charge on any atom is -0.496 e. The van der Waals surface area contributed by atoms with Crippen molar-refractivity contribution in [2.45, 2.75) is 6.42 Å². The van der Waals surface area contributed by atoms with Crippen LogP contribution in [0.5, 0.6) is 5.75 Å². The summed E-state index contributed by atoms with van der Waals surface area (Å²) < 4.78 is 7.01. The van der Waals surface area contributed by atoms with Crippen LogP contribution in [0, 0.1) is 0 Å². The Bertz CT molecular complexity index is 1430. The molecule has 162 valence electrons. The minimum atomic E-state index is -0.128. The molecule has 5 rings (SSSR count). The number of carbonyl (C=O) groups is 1. The third-order valence-electron chi connectivity index (χ3n) is 5.14. The smallest absolute Gasteiger partial charge is 0.228 e. The maximum Gasteiger partial charge on any atom is 0.228 e. The average molecular weight is 436 g/mol. The summed E-state index contributed by atoms with van der Waals surface area (Å²) >= 11 is 0. The number of rotatable bonds is 6. The number of benzene rings is 2. The largest absolute Gasteiger partial charge is 0.496 e. The van der Waals surface area contributed by atoms with Crippen molar-refractivity contribution in [2.24, 2.45) is 0 Å². The Labute approximate surface area is 189 Å². The number of nitrogens with one attached hydrogen (secondary N) is 1. The molecule has 0 fully saturated rings. The summed E-state index contributed by atoms with van der Waals surface area (Å²) in [6.45, 7) is 0. The van der Waals surface area contributed by atoms with Crippen molar-refractivity contribution < 1.29 is 9.53 Å². The van der Waals surface area contributed by atoms with Gasteiger partial charge in [-0.25, -0.2) is 0 Å². The van der Waals surface area contributed by atoms with E-state index in [1.54, 1.807) is 17.8 Å². The van der Waals surface area contributed by atoms with Gasteiger partial charge in [-0.3, -0.25) is 9.78 Å². The monoisotopic (exact) mass is 436 g/mol. The highest BCUT2D eigenvalue weighted by Crippen LogP contribution is 2.24. The molecule has 33 heavy (non-hydrogen) atoms. The van der Waals surface area contributed by atoms with Crippen LogP contribution < -0.4 is 10.1 Å². The summed E-state index contributed by atoms with van der Waals surface area (Å²) in [4.78, 5) is 17.0. The van der Waals surface area contributed by atoms with Crippen LogP contribution in [0.3, 0.4) is 0 Å². The molecule has 0 bridgehead atoms. The first-order valence-corrected chi connectivity index (χ1v) is 10.4. The van der Waals surface area contributed by atoms with Crippen molar-refractivity contribution >= 4 is 17.2 Å². The summed E-state index contributed by atoms with van der Waals surface area (Å²) in [5, 5.41) is 16.1. The number of hydrogen-bond acceptors (Lipinski definition) is 6. The number of fused-ring (bicyclic) bond motifs is 1. The van der Waals surface area contributed by atoms with E-state index < -0.39 is 0 Å². The molecule has 8 nitrogen and oxygen atoms in total. The highest BCUT2D eigenvalue weighted by Gasteiger charge is 2.13. The molecule has 0 aliphatic heterocycles. The van der Waals surface area contributed by atoms with Crippen molar-refractivity contribution in [1.82, 2.24) is 24.8 Å². The van der Waals surface area contributed by atoms with E-state index >= 15 is 0 Å². The molecule has 1 amide bonds. The number of nitrogens with zero attached hydrogens (tertiary/aromatic N) is 5. The molecule has 0 radical (unpaired) electrons. The van der Waals surface area contributed by atoms with Crippen molar-refractivity contribution in [2.75, 3.05) is 12.4 Å². The quantitative estimate of drug-likeness (QED) is 0.432. The number of hydrogen-bond donors (Lipinski definition) is 1. The maximum absolute atomic E-state index is 12.6. The molecular weight excluding hydrogens is 416 g/mol. The van der Waals surface area contributed by atoms with E-state index in [0.29, 0.717) is 28.6 Å². The average Bonchev–Trinajstić information content (AvgIpc) is 3.28. The lowest BCUT2D eigenvalue weighted by atomic mass is 10.1. The second kappa shape index (κ2) is 8.88. The lowest BCUT2D eigenvalue weighted by molar-refractivity contribution is -0.115. The molecule has 8 heteroatoms. The summed E-state index contributed by atoms with van der Waals surface area (Å²) in [5.74, 6) is 1.13. The van der Waals surface area contributed by atoms with Gasteiger partial charge in [0.1, 0.15) is 11.4 Å². The van der Waals surface area contributed by atoms with Gasteiger partial charge in [0.2, 0.25) is 11.7 Å². The Morgan fingerprint density at radius 2 is 1.82 bits per heavy atom. The maximum atomic E-state index is 12.6. The van der Waals surface area contributed by atoms with Crippen molar-refractivity contribution in [3.63, 3.8) is 0 Å². The number of ether oxygens (including phenoxy) is 1. The van der Waals surface area contributed by atoms with Crippen LogP contribution >= 0.6 is 0 Å². The second-order valence-corrected chi connectivity index (χ2v) is 7.34. The predicted octanol–water partition coefficient (Wildman–Crippen LogP) is 4.04. The standard InChI is InChI=1S/C25H20N6O2/c1-33-22-11-3-2-7-18(22)16-24(32)27-19-9-6-8-17(15-19)20-12-13-23-28-29-25(31(23)30-20)21-10-4-5-14-26-21/h2-15H,16H2,1H3,(H,27,32). The van der Waals surface area contributed by atoms with Crippen LogP contribution in [-0.2, 0) is 11.2 Å². The number of para-hydroxylation sites is 1. The predicted molar refractivity (Wildman–Crippen MR) is 125 cm³/mol. The first-order chi connectivity index (χ1) is 16.2. The van der Waals surface area contributed by atoms with Gasteiger partial charge < -0.3 is 10.1 Å². The highest BCUT2D eigenvalue weighted by atomic mass is 16.5. The fourth-order valence-corrected chi connectivity index (χ4v) is 3.58. The Morgan fingerprint density at radius 1 is 0.939 bits per heavy atom. The number of aromatic nitrogens is 5. The van der Waals surface area contributed by atoms with E-state index in [4.69, 9.17) is 9.84 Å². The van der Waals surface area contributed by atoms with Gasteiger partial charge in [-0.2, -0.15) is 9.61 Å². The summed E-state index contributed by atoms with van der Waals surface area (Å²) in [5.41, 5.74) is 4.40. The van der Waals surface area contributed by atoms with E-state index in [-0.39, 0.29) is 12.3 Å². The van der Waals surface area contributed by atoms with Gasteiger partial charge in [-0.1, -0.05) is 36.4 Å². The molecule has 5 aromatic rings. The Kier molecular flexibility index (Phi) is 5.47. The first-order valence-electron chi connectivity index (χ1n) is 10.4. The fourth-order valence-electron chi connectivity index (χ4n) is 3.58. The fraction of sp³-hybridized carbons (Fsp3) is 0.0800. The van der Waals surface area contributed by atoms with E-state index in [0.717, 1.165) is 16.8 Å². The Balaban J connectivity index is 1.40. The van der Waals surface area contributed by atoms with Gasteiger partial charge >= 0.3 is 0 Å². The van der Waals surface area contributed by atoms with Crippen LogP contribution in [-0.4, -0.2) is 37.8 Å². The molecule has 1 N–H and O–H groups in total. The molecule has 0 aliphatic rings. The minimum absolute atomic E-state index is 0.128. The molecule has 0 aliphatic carbocycles. The van der Waals surface area contributed by atoms with Gasteiger partial charge in [-0.15, -0.1) is 10.2 Å². The Morgan fingerprint density at radius 3 is 2.67 bits per heavy atom. The SMILES string of the molecule is COc1ccccc1CC(=O)Nc1cccc(-c2ccc3nnc(-c4ccccn4)n3n2)c1. The summed E-state index contributed by atoms with van der Waals surface area (Å²) in [6.07, 6.45) is 1.92. The summed E-state index contributed by atoms with van der Waals surface area (Å²) in [7, 11) is 1.60. The Hall–Kier alpha value is -4.59. The molecule has 3 aromatic heterocycles. The third kappa shape index (κ3) is 4.27. The molecule has 0 unspecified atom stereocenters. The van der Waals surface area contributed by atoms with Crippen LogP contribution in [0.4, 0.5) is 5.69 Å². The van der Waals surface area contributed by atoms with Crippen molar-refractivity contribution in [1.29, 1.82) is 0 Å². The van der Waals surface area contributed by atoms with Gasteiger partial charge in [0.05, 0.1) is 19.2 Å². The lowest BCUT2D eigenvalue weighted by Gasteiger charge is -2.10. The van der Waals surface area contributed by atoms with E-state index in [9.17, 15) is 4.79 Å². The molecule has 3 heterocycles. The molecule has 0 atom stereocenters. The highest BCUT2D eigenvalue weighted by molar-refractivity contribution is 5.93. The van der Waals surface area contributed by atoms with Gasteiger partial charge in [-0.05, 0) is 42.5 Å². The first kappa shape index (κ1) is 20.3. The van der Waals surface area contributed by atoms with Gasteiger partial charge in [0.25, 0.3) is 0 Å². The second-order valence-electron chi connectivity index (χ2n) is 7.34. The summed E-state index contributed by atoms with van der Waals surface area (Å²) in [6, 6.07) is 24.4. The van der Waals surface area contributed by atoms with Crippen LogP contribution in [0.2, 0.25) is 0 Å². The molecular formula is C25H20N6O2. The molecule has 0 saturated heterocycles. The normalized spacial score (nSPS) is 10.8. The number of pyridine rings is 1. The van der Waals surface area contributed by atoms with Crippen molar-refractivity contribution in [3.8, 4) is 28.5 Å². The topological polar surface area (TPSA) is 94.3 Å². The molecule has 0 saturated carbocycles. The number of methoxy groups -OCH3 is 1. The van der Waals surface area contributed by atoms with Crippen molar-refractivity contribution in [3.05, 3.63) is 90.6 Å². The van der Waals surface area contributed by atoms with Crippen LogP contribution in [0.15, 0.2) is 85.1 Å². The third-order valence-corrected chi connectivity index (χ3v) is 5.14. The van der Waals surface area contributed by atoms with E-state index in [1.807, 2.05) is 78.9 Å². The van der Waals surface area contributed by atoms with Crippen LogP contribution in [0.1, 0.15) is 5.56 Å². The van der Waals surface area contributed by atoms with Gasteiger partial charge in [0.15, 0.2) is 5.65 Å². The lowest BCUT2D eigenvalue weighted by Crippen LogP contribution is -2.15. The molecule has 0 spiro atoms. The number of carbonyl (C=O) groups excluding carboxylic acids is 1. The van der Waals surface area contributed by atoms with Crippen LogP contribution in [0.25, 0.3) is 28.4 Å². The zero-order valence-corrected chi connectivity index (χ0v) is 17.8. The number of anilines is 1. The zero-order valence-electron chi connectivity index (χ0n) is 17.8. The van der Waals surface area contributed by atoms with E-state index in [1.165, 1.54) is 0 Å². The number of amides is 1. The van der Waals surface area contributed by atoms with E-state index in [2.05, 4.69) is 20.5 Å².